The zero-order chi connectivity index (χ0) is 11.1. The van der Waals surface area contributed by atoms with Gasteiger partial charge in [-0.05, 0) is 13.0 Å². The Bertz CT molecular complexity index is 403. The summed E-state index contributed by atoms with van der Waals surface area (Å²) in [5.74, 6) is -0.153. The number of rotatable bonds is 1. The van der Waals surface area contributed by atoms with Gasteiger partial charge in [0.1, 0.15) is 5.16 Å². The fourth-order valence-electron chi connectivity index (χ4n) is 1.31. The number of halogens is 1. The maximum atomic E-state index is 11.5. The normalized spacial score (nSPS) is 28.3. The van der Waals surface area contributed by atoms with E-state index in [0.29, 0.717) is 11.1 Å². The predicted molar refractivity (Wildman–Crippen MR) is 55.3 cm³/mol. The zero-order valence-corrected chi connectivity index (χ0v) is 8.95. The summed E-state index contributed by atoms with van der Waals surface area (Å²) in [4.78, 5) is 19.5. The molecule has 0 aliphatic carbocycles. The molecule has 0 saturated heterocycles. The number of methoxy groups -OCH3 is 1. The van der Waals surface area contributed by atoms with Gasteiger partial charge in [0.05, 0.1) is 7.11 Å². The number of ether oxygens (including phenoxy) is 1. The summed E-state index contributed by atoms with van der Waals surface area (Å²) in [5.41, 5.74) is 1.64. The Morgan fingerprint density at radius 2 is 2.47 bits per heavy atom. The van der Waals surface area contributed by atoms with Gasteiger partial charge in [-0.3, -0.25) is 0 Å². The summed E-state index contributed by atoms with van der Waals surface area (Å²) in [6.45, 7) is 1.59. The monoisotopic (exact) mass is 228 g/mol. The molecule has 0 aromatic rings. The van der Waals surface area contributed by atoms with Crippen molar-refractivity contribution in [2.75, 3.05) is 7.11 Å². The molecule has 0 amide bonds. The predicted octanol–water partition coefficient (Wildman–Crippen LogP) is 0.216. The third kappa shape index (κ3) is 1.51. The van der Waals surface area contributed by atoms with Gasteiger partial charge >= 0.3 is 5.97 Å². The smallest absolute Gasteiger partial charge is 0.350 e. The largest absolute Gasteiger partial charge is 0.466 e. The molecule has 0 aromatic heterocycles. The van der Waals surface area contributed by atoms with Crippen molar-refractivity contribution in [3.05, 3.63) is 11.2 Å². The molecule has 2 rings (SSSR count). The Morgan fingerprint density at radius 3 is 3.07 bits per heavy atom. The number of hydrogen-bond donors (Lipinski definition) is 1. The Labute approximate surface area is 91.2 Å². The first-order chi connectivity index (χ1) is 7.07. The van der Waals surface area contributed by atoms with Crippen LogP contribution < -0.4 is 5.43 Å². The van der Waals surface area contributed by atoms with Crippen molar-refractivity contribution in [3.8, 4) is 0 Å². The summed E-state index contributed by atoms with van der Waals surface area (Å²) in [6, 6.07) is 0. The quantitative estimate of drug-likeness (QED) is 0.515. The van der Waals surface area contributed by atoms with Gasteiger partial charge in [0.25, 0.3) is 0 Å². The van der Waals surface area contributed by atoms with E-state index in [1.54, 1.807) is 13.0 Å². The van der Waals surface area contributed by atoms with Crippen LogP contribution in [0.25, 0.3) is 0 Å². The van der Waals surface area contributed by atoms with Gasteiger partial charge in [-0.2, -0.15) is 5.43 Å². The van der Waals surface area contributed by atoms with Crippen LogP contribution in [0.5, 0.6) is 0 Å². The molecule has 7 heteroatoms. The second kappa shape index (κ2) is 3.32. The maximum absolute atomic E-state index is 11.5. The number of nitrogens with one attached hydrogen (secondary N) is 1. The van der Waals surface area contributed by atoms with Gasteiger partial charge in [0.2, 0.25) is 11.6 Å². The zero-order valence-electron chi connectivity index (χ0n) is 8.19. The third-order valence-electron chi connectivity index (χ3n) is 2.05. The minimum absolute atomic E-state index is 0.343. The van der Waals surface area contributed by atoms with E-state index in [-0.39, 0.29) is 0 Å². The molecule has 6 nitrogen and oxygen atoms in total. The highest BCUT2D eigenvalue weighted by Gasteiger charge is 2.43. The van der Waals surface area contributed by atoms with Crippen molar-refractivity contribution in [3.63, 3.8) is 0 Å². The number of allylic oxidation sites excluding steroid dienone is 1. The van der Waals surface area contributed by atoms with Crippen molar-refractivity contribution >= 4 is 29.7 Å². The minimum atomic E-state index is -1.17. The molecule has 2 heterocycles. The molecule has 0 aromatic carbocycles. The van der Waals surface area contributed by atoms with Gasteiger partial charge in [-0.1, -0.05) is 11.6 Å². The van der Waals surface area contributed by atoms with Crippen LogP contribution >= 0.6 is 11.6 Å². The van der Waals surface area contributed by atoms with Gasteiger partial charge in [-0.15, -0.1) is 0 Å². The van der Waals surface area contributed by atoms with E-state index in [2.05, 4.69) is 20.1 Å². The summed E-state index contributed by atoms with van der Waals surface area (Å²) in [5, 5.41) is 1.83. The van der Waals surface area contributed by atoms with Crippen molar-refractivity contribution in [1.82, 2.24) is 10.4 Å². The molecule has 0 spiro atoms. The van der Waals surface area contributed by atoms with E-state index >= 15 is 0 Å². The number of hydrazine groups is 1. The molecule has 80 valence electrons. The van der Waals surface area contributed by atoms with Gasteiger partial charge < -0.3 is 4.74 Å². The number of aliphatic imine (C=N–C) groups is 2. The maximum Gasteiger partial charge on any atom is 0.350 e. The van der Waals surface area contributed by atoms with Crippen LogP contribution in [0.3, 0.4) is 0 Å². The molecular weight excluding hydrogens is 220 g/mol. The summed E-state index contributed by atoms with van der Waals surface area (Å²) in [6.07, 6.45) is 3.11. The molecule has 0 fully saturated rings. The van der Waals surface area contributed by atoms with E-state index < -0.39 is 11.6 Å². The standard InChI is InChI=1S/C8H9ClN4O2/c1-8(6(14)15-2)11-7-10-4-3-5(9)13(7)12-8/h3-4,12H,1-2H3. The second-order valence-electron chi connectivity index (χ2n) is 3.19. The molecule has 0 radical (unpaired) electrons. The summed E-state index contributed by atoms with van der Waals surface area (Å²) in [7, 11) is 1.30. The lowest BCUT2D eigenvalue weighted by Gasteiger charge is -2.23. The van der Waals surface area contributed by atoms with Crippen molar-refractivity contribution in [2.24, 2.45) is 9.98 Å². The van der Waals surface area contributed by atoms with Crippen LogP contribution in [0.2, 0.25) is 0 Å². The number of carbonyl (C=O) groups excluding carboxylic acids is 1. The molecule has 15 heavy (non-hydrogen) atoms. The first-order valence-electron chi connectivity index (χ1n) is 4.23. The number of carbonyl (C=O) groups is 1. The van der Waals surface area contributed by atoms with Gasteiger partial charge in [0.15, 0.2) is 0 Å². The van der Waals surface area contributed by atoms with E-state index in [4.69, 9.17) is 11.6 Å². The van der Waals surface area contributed by atoms with Gasteiger partial charge in [-0.25, -0.2) is 19.8 Å². The lowest BCUT2D eigenvalue weighted by molar-refractivity contribution is -0.148. The average molecular weight is 229 g/mol. The fraction of sp³-hybridized carbons (Fsp3) is 0.375. The van der Waals surface area contributed by atoms with Crippen LogP contribution in [0.1, 0.15) is 6.92 Å². The highest BCUT2D eigenvalue weighted by molar-refractivity contribution is 6.32. The molecular formula is C8H9ClN4O2. The number of nitrogens with zero attached hydrogens (tertiary/aromatic N) is 3. The number of esters is 1. The highest BCUT2D eigenvalue weighted by Crippen LogP contribution is 2.23. The summed E-state index contributed by atoms with van der Waals surface area (Å²) < 4.78 is 4.63. The lowest BCUT2D eigenvalue weighted by atomic mass is 10.2. The van der Waals surface area contributed by atoms with E-state index in [1.165, 1.54) is 18.3 Å². The lowest BCUT2D eigenvalue weighted by Crippen LogP contribution is -2.51. The topological polar surface area (TPSA) is 66.3 Å². The second-order valence-corrected chi connectivity index (χ2v) is 3.58. The Hall–Kier alpha value is -1.40. The molecule has 1 N–H and O–H groups in total. The van der Waals surface area contributed by atoms with Crippen molar-refractivity contribution < 1.29 is 9.53 Å². The molecule has 0 saturated carbocycles. The third-order valence-corrected chi connectivity index (χ3v) is 2.35. The van der Waals surface area contributed by atoms with Crippen molar-refractivity contribution in [1.29, 1.82) is 0 Å². The average Bonchev–Trinajstić information content (AvgIpc) is 2.57. The van der Waals surface area contributed by atoms with Crippen molar-refractivity contribution in [2.45, 2.75) is 12.6 Å². The molecule has 1 atom stereocenters. The van der Waals surface area contributed by atoms with Crippen LogP contribution in [0.4, 0.5) is 0 Å². The van der Waals surface area contributed by atoms with Crippen LogP contribution in [-0.4, -0.2) is 35.9 Å². The van der Waals surface area contributed by atoms with Crippen LogP contribution in [0.15, 0.2) is 21.2 Å². The fourth-order valence-corrected chi connectivity index (χ4v) is 1.48. The number of hydrogen-bond acceptors (Lipinski definition) is 6. The molecule has 1 unspecified atom stereocenters. The van der Waals surface area contributed by atoms with E-state index in [0.717, 1.165) is 0 Å². The first-order valence-corrected chi connectivity index (χ1v) is 4.61. The molecule has 2 aliphatic heterocycles. The van der Waals surface area contributed by atoms with Gasteiger partial charge in [0, 0.05) is 6.21 Å². The van der Waals surface area contributed by atoms with Crippen LogP contribution in [0, 0.1) is 0 Å². The number of fused-ring (bicyclic) bond motifs is 1. The SMILES string of the molecule is COC(=O)C1(C)N=C2N=CC=C(Cl)N2N1. The number of guanidine groups is 1. The Kier molecular flexibility index (Phi) is 2.24. The highest BCUT2D eigenvalue weighted by atomic mass is 35.5. The Balaban J connectivity index is 2.32. The van der Waals surface area contributed by atoms with E-state index in [9.17, 15) is 4.79 Å². The molecule has 0 bridgehead atoms. The first kappa shape index (κ1) is 10.1. The van der Waals surface area contributed by atoms with Crippen LogP contribution in [-0.2, 0) is 9.53 Å². The minimum Gasteiger partial charge on any atom is -0.466 e. The van der Waals surface area contributed by atoms with E-state index in [1.807, 2.05) is 0 Å². The summed E-state index contributed by atoms with van der Waals surface area (Å²) >= 11 is 5.89. The molecule has 2 aliphatic rings. The Morgan fingerprint density at radius 1 is 1.73 bits per heavy atom.